The number of benzene rings is 2. The van der Waals surface area contributed by atoms with Gasteiger partial charge in [-0.05, 0) is 23.1 Å². The standard InChI is InChI=1S/C17H13NO4/c1-22-17(21)15-13(19)8-7-11-9-12(18-16(20)14(11)15)10-5-3-2-4-6-10/h2-9,19H,1H3,(H,18,20). The number of aromatic nitrogens is 1. The van der Waals surface area contributed by atoms with Gasteiger partial charge in [0.15, 0.2) is 0 Å². The minimum atomic E-state index is -0.749. The molecule has 5 heteroatoms. The molecule has 1 aromatic heterocycles. The number of aromatic amines is 1. The zero-order valence-corrected chi connectivity index (χ0v) is 11.8. The first-order valence-electron chi connectivity index (χ1n) is 6.64. The van der Waals surface area contributed by atoms with Crippen molar-refractivity contribution in [3.05, 3.63) is 64.4 Å². The molecule has 0 radical (unpaired) electrons. The number of esters is 1. The molecule has 5 nitrogen and oxygen atoms in total. The Kier molecular flexibility index (Phi) is 3.39. The quantitative estimate of drug-likeness (QED) is 0.712. The minimum Gasteiger partial charge on any atom is -0.507 e. The molecule has 0 saturated carbocycles. The molecule has 2 N–H and O–H groups in total. The molecule has 0 aliphatic rings. The number of hydrogen-bond acceptors (Lipinski definition) is 4. The van der Waals surface area contributed by atoms with Crippen molar-refractivity contribution in [2.75, 3.05) is 7.11 Å². The topological polar surface area (TPSA) is 79.4 Å². The van der Waals surface area contributed by atoms with Gasteiger partial charge in [-0.2, -0.15) is 0 Å². The van der Waals surface area contributed by atoms with Crippen molar-refractivity contribution in [2.24, 2.45) is 0 Å². The highest BCUT2D eigenvalue weighted by Crippen LogP contribution is 2.27. The summed E-state index contributed by atoms with van der Waals surface area (Å²) in [6.45, 7) is 0. The van der Waals surface area contributed by atoms with Crippen molar-refractivity contribution in [3.8, 4) is 17.0 Å². The lowest BCUT2D eigenvalue weighted by atomic mass is 10.0. The number of carbonyl (C=O) groups excluding carboxylic acids is 1. The number of nitrogens with one attached hydrogen (secondary N) is 1. The molecule has 3 rings (SSSR count). The smallest absolute Gasteiger partial charge is 0.342 e. The van der Waals surface area contributed by atoms with Crippen LogP contribution < -0.4 is 5.56 Å². The van der Waals surface area contributed by atoms with Gasteiger partial charge < -0.3 is 14.8 Å². The molecule has 0 aliphatic heterocycles. The Morgan fingerprint density at radius 1 is 1.14 bits per heavy atom. The lowest BCUT2D eigenvalue weighted by molar-refractivity contribution is 0.0599. The number of aromatic hydroxyl groups is 1. The van der Waals surface area contributed by atoms with Gasteiger partial charge in [-0.1, -0.05) is 36.4 Å². The van der Waals surface area contributed by atoms with Gasteiger partial charge in [-0.3, -0.25) is 4.79 Å². The predicted octanol–water partition coefficient (Wildman–Crippen LogP) is 2.69. The number of methoxy groups -OCH3 is 1. The van der Waals surface area contributed by atoms with Crippen LogP contribution in [0, 0.1) is 0 Å². The van der Waals surface area contributed by atoms with Gasteiger partial charge in [0.25, 0.3) is 5.56 Å². The van der Waals surface area contributed by atoms with E-state index in [1.807, 2.05) is 30.3 Å². The van der Waals surface area contributed by atoms with Crippen LogP contribution in [-0.4, -0.2) is 23.2 Å². The summed E-state index contributed by atoms with van der Waals surface area (Å²) in [5, 5.41) is 10.5. The number of H-pyrrole nitrogens is 1. The molecule has 0 saturated heterocycles. The van der Waals surface area contributed by atoms with Gasteiger partial charge in [0, 0.05) is 5.69 Å². The fraction of sp³-hybridized carbons (Fsp3) is 0.0588. The normalized spacial score (nSPS) is 10.6. The molecule has 3 aromatic rings. The first-order chi connectivity index (χ1) is 10.6. The number of rotatable bonds is 2. The fourth-order valence-electron chi connectivity index (χ4n) is 2.43. The monoisotopic (exact) mass is 295 g/mol. The molecule has 110 valence electrons. The molecular formula is C17H13NO4. The molecule has 0 amide bonds. The molecule has 0 fully saturated rings. The van der Waals surface area contributed by atoms with E-state index in [1.54, 1.807) is 12.1 Å². The summed E-state index contributed by atoms with van der Waals surface area (Å²) in [7, 11) is 1.20. The first-order valence-corrected chi connectivity index (χ1v) is 6.64. The van der Waals surface area contributed by atoms with Crippen LogP contribution in [-0.2, 0) is 4.74 Å². The zero-order chi connectivity index (χ0) is 15.7. The fourth-order valence-corrected chi connectivity index (χ4v) is 2.43. The maximum atomic E-state index is 12.4. The highest BCUT2D eigenvalue weighted by atomic mass is 16.5. The lowest BCUT2D eigenvalue weighted by Crippen LogP contribution is -2.13. The summed E-state index contributed by atoms with van der Waals surface area (Å²) < 4.78 is 4.64. The molecular weight excluding hydrogens is 282 g/mol. The maximum Gasteiger partial charge on any atom is 0.342 e. The van der Waals surface area contributed by atoms with E-state index in [-0.39, 0.29) is 16.7 Å². The highest BCUT2D eigenvalue weighted by Gasteiger charge is 2.19. The maximum absolute atomic E-state index is 12.4. The van der Waals surface area contributed by atoms with Crippen molar-refractivity contribution in [1.29, 1.82) is 0 Å². The largest absolute Gasteiger partial charge is 0.507 e. The molecule has 22 heavy (non-hydrogen) atoms. The Balaban J connectivity index is 2.32. The van der Waals surface area contributed by atoms with Gasteiger partial charge in [0.05, 0.1) is 12.5 Å². The molecule has 0 atom stereocenters. The van der Waals surface area contributed by atoms with Gasteiger partial charge in [-0.25, -0.2) is 4.79 Å². The van der Waals surface area contributed by atoms with Crippen molar-refractivity contribution in [2.45, 2.75) is 0 Å². The van der Waals surface area contributed by atoms with Crippen LogP contribution in [0.2, 0.25) is 0 Å². The first kappa shape index (κ1) is 13.9. The molecule has 0 aliphatic carbocycles. The average Bonchev–Trinajstić information content (AvgIpc) is 2.55. The summed E-state index contributed by atoms with van der Waals surface area (Å²) >= 11 is 0. The van der Waals surface area contributed by atoms with Gasteiger partial charge in [0.1, 0.15) is 11.3 Å². The molecule has 1 heterocycles. The number of ether oxygens (including phenoxy) is 1. The van der Waals surface area contributed by atoms with E-state index in [1.165, 1.54) is 13.2 Å². The minimum absolute atomic E-state index is 0.117. The summed E-state index contributed by atoms with van der Waals surface area (Å²) in [5.74, 6) is -1.03. The van der Waals surface area contributed by atoms with E-state index in [0.717, 1.165) is 5.56 Å². The van der Waals surface area contributed by atoms with Crippen molar-refractivity contribution >= 4 is 16.7 Å². The van der Waals surface area contributed by atoms with Crippen LogP contribution in [0.15, 0.2) is 53.3 Å². The molecule has 0 spiro atoms. The molecule has 2 aromatic carbocycles. The molecule has 0 bridgehead atoms. The van der Waals surface area contributed by atoms with Crippen molar-refractivity contribution in [3.63, 3.8) is 0 Å². The number of phenols is 1. The Morgan fingerprint density at radius 2 is 1.86 bits per heavy atom. The van der Waals surface area contributed by atoms with Crippen LogP contribution >= 0.6 is 0 Å². The van der Waals surface area contributed by atoms with Crippen LogP contribution in [0.5, 0.6) is 5.75 Å². The SMILES string of the molecule is COC(=O)c1c(O)ccc2cc(-c3ccccc3)[nH]c(=O)c12. The lowest BCUT2D eigenvalue weighted by Gasteiger charge is -2.08. The second kappa shape index (κ2) is 5.37. The van der Waals surface area contributed by atoms with Crippen LogP contribution in [0.4, 0.5) is 0 Å². The summed E-state index contributed by atoms with van der Waals surface area (Å²) in [5.41, 5.74) is 0.919. The summed E-state index contributed by atoms with van der Waals surface area (Å²) in [6, 6.07) is 14.1. The van der Waals surface area contributed by atoms with E-state index >= 15 is 0 Å². The van der Waals surface area contributed by atoms with Gasteiger partial charge in [-0.15, -0.1) is 0 Å². The van der Waals surface area contributed by atoms with E-state index < -0.39 is 11.5 Å². The zero-order valence-electron chi connectivity index (χ0n) is 11.8. The third-order valence-electron chi connectivity index (χ3n) is 3.46. The number of carbonyl (C=O) groups is 1. The third-order valence-corrected chi connectivity index (χ3v) is 3.46. The van der Waals surface area contributed by atoms with Crippen LogP contribution in [0.1, 0.15) is 10.4 Å². The van der Waals surface area contributed by atoms with Crippen LogP contribution in [0.3, 0.4) is 0 Å². The Bertz CT molecular complexity index is 913. The van der Waals surface area contributed by atoms with E-state index in [9.17, 15) is 14.7 Å². The number of phenolic OH excluding ortho intramolecular Hbond substituents is 1. The molecule has 0 unspecified atom stereocenters. The second-order valence-corrected chi connectivity index (χ2v) is 4.79. The van der Waals surface area contributed by atoms with E-state index in [2.05, 4.69) is 9.72 Å². The van der Waals surface area contributed by atoms with E-state index in [0.29, 0.717) is 11.1 Å². The van der Waals surface area contributed by atoms with E-state index in [4.69, 9.17) is 0 Å². The van der Waals surface area contributed by atoms with Crippen molar-refractivity contribution < 1.29 is 14.6 Å². The predicted molar refractivity (Wildman–Crippen MR) is 83.0 cm³/mol. The van der Waals surface area contributed by atoms with Gasteiger partial charge >= 0.3 is 5.97 Å². The Morgan fingerprint density at radius 3 is 2.55 bits per heavy atom. The average molecular weight is 295 g/mol. The number of pyridine rings is 1. The van der Waals surface area contributed by atoms with Crippen molar-refractivity contribution in [1.82, 2.24) is 4.98 Å². The van der Waals surface area contributed by atoms with Crippen LogP contribution in [0.25, 0.3) is 22.0 Å². The van der Waals surface area contributed by atoms with Gasteiger partial charge in [0.2, 0.25) is 0 Å². The second-order valence-electron chi connectivity index (χ2n) is 4.79. The number of fused-ring (bicyclic) bond motifs is 1. The summed E-state index contributed by atoms with van der Waals surface area (Å²) in [6.07, 6.45) is 0. The Hall–Kier alpha value is -3.08. The highest BCUT2D eigenvalue weighted by molar-refractivity contribution is 6.07. The summed E-state index contributed by atoms with van der Waals surface area (Å²) in [4.78, 5) is 27.0. The Labute approximate surface area is 125 Å². The number of hydrogen-bond donors (Lipinski definition) is 2. The third kappa shape index (κ3) is 2.22.